The molecule has 4 rings (SSSR count). The normalized spacial score (nSPS) is 11.5. The van der Waals surface area contributed by atoms with E-state index in [2.05, 4.69) is 41.5 Å². The molecule has 0 spiro atoms. The van der Waals surface area contributed by atoms with E-state index in [0.29, 0.717) is 55.7 Å². The molecule has 0 aliphatic heterocycles. The van der Waals surface area contributed by atoms with E-state index in [1.165, 1.54) is 0 Å². The number of ether oxygens (including phenoxy) is 4. The minimum atomic E-state index is -2.48. The first-order valence-corrected chi connectivity index (χ1v) is 19.4. The van der Waals surface area contributed by atoms with Gasteiger partial charge in [-0.3, -0.25) is 0 Å². The van der Waals surface area contributed by atoms with Crippen LogP contribution in [-0.2, 0) is 30.6 Å². The van der Waals surface area contributed by atoms with E-state index < -0.39 is 8.32 Å². The van der Waals surface area contributed by atoms with Crippen LogP contribution < -0.4 is 18.9 Å². The molecule has 0 heterocycles. The predicted octanol–water partition coefficient (Wildman–Crippen LogP) is 10.2. The van der Waals surface area contributed by atoms with Crippen LogP contribution >= 0.6 is 0 Å². The molecule has 0 unspecified atom stereocenters. The van der Waals surface area contributed by atoms with Crippen molar-refractivity contribution in [3.8, 4) is 23.0 Å². The van der Waals surface area contributed by atoms with Crippen LogP contribution in [0.25, 0.3) is 0 Å². The Labute approximate surface area is 294 Å². The van der Waals surface area contributed by atoms with Gasteiger partial charge in [0, 0.05) is 13.1 Å². The lowest BCUT2D eigenvalue weighted by Gasteiger charge is -2.42. The molecule has 4 aromatic carbocycles. The van der Waals surface area contributed by atoms with E-state index in [4.69, 9.17) is 23.4 Å². The summed E-state index contributed by atoms with van der Waals surface area (Å²) >= 11 is 0. The summed E-state index contributed by atoms with van der Waals surface area (Å²) in [6.45, 7) is 14.8. The van der Waals surface area contributed by atoms with Gasteiger partial charge in [0.1, 0.15) is 13.2 Å². The Morgan fingerprint density at radius 1 is 0.592 bits per heavy atom. The van der Waals surface area contributed by atoms with Crippen molar-refractivity contribution in [2.24, 2.45) is 0 Å². The monoisotopic (exact) mass is 683 g/mol. The molecule has 49 heavy (non-hydrogen) atoms. The summed E-state index contributed by atoms with van der Waals surface area (Å²) < 4.78 is 30.3. The maximum Gasteiger partial charge on any atom is 0.396 e. The van der Waals surface area contributed by atoms with Gasteiger partial charge in [0.05, 0.1) is 14.2 Å². The van der Waals surface area contributed by atoms with Crippen LogP contribution in [0.5, 0.6) is 23.0 Å². The second kappa shape index (κ2) is 17.8. The first kappa shape index (κ1) is 37.4. The van der Waals surface area contributed by atoms with E-state index in [0.717, 1.165) is 22.3 Å². The van der Waals surface area contributed by atoms with Crippen molar-refractivity contribution in [2.75, 3.05) is 20.8 Å². The third-order valence-corrected chi connectivity index (χ3v) is 15.1. The molecule has 1 amide bonds. The average molecular weight is 684 g/mol. The number of nitrogens with zero attached hydrogens (tertiary/aromatic N) is 1. The second-order valence-electron chi connectivity index (χ2n) is 13.4. The van der Waals surface area contributed by atoms with Crippen molar-refractivity contribution < 1.29 is 28.2 Å². The van der Waals surface area contributed by atoms with E-state index >= 15 is 0 Å². The lowest BCUT2D eigenvalue weighted by molar-refractivity contribution is 0.143. The van der Waals surface area contributed by atoms with Crippen molar-refractivity contribution in [3.05, 3.63) is 119 Å². The van der Waals surface area contributed by atoms with E-state index in [-0.39, 0.29) is 22.7 Å². The van der Waals surface area contributed by atoms with Gasteiger partial charge < -0.3 is 28.3 Å². The predicted molar refractivity (Wildman–Crippen MR) is 199 cm³/mol. The third-order valence-electron chi connectivity index (χ3n) is 9.20. The largest absolute Gasteiger partial charge is 0.503 e. The fourth-order valence-electron chi connectivity index (χ4n) is 6.68. The maximum absolute atomic E-state index is 14.2. The molecular weight excluding hydrogens is 631 g/mol. The highest BCUT2D eigenvalue weighted by Crippen LogP contribution is 2.43. The highest BCUT2D eigenvalue weighted by molar-refractivity contribution is 6.78. The summed E-state index contributed by atoms with van der Waals surface area (Å²) in [7, 11) is 0.799. The number of methoxy groups -OCH3 is 2. The van der Waals surface area contributed by atoms with Crippen LogP contribution in [-0.4, -0.2) is 40.1 Å². The van der Waals surface area contributed by atoms with Crippen molar-refractivity contribution in [3.63, 3.8) is 0 Å². The molecule has 0 bridgehead atoms. The minimum absolute atomic E-state index is 0.270. The highest BCUT2D eigenvalue weighted by Gasteiger charge is 2.49. The number of amides is 1. The van der Waals surface area contributed by atoms with E-state index in [9.17, 15) is 4.79 Å². The molecule has 0 aliphatic rings. The van der Waals surface area contributed by atoms with Crippen molar-refractivity contribution in [1.29, 1.82) is 0 Å². The molecule has 0 saturated carbocycles. The summed E-state index contributed by atoms with van der Waals surface area (Å²) in [5, 5.41) is 0. The van der Waals surface area contributed by atoms with Crippen LogP contribution in [0.3, 0.4) is 0 Å². The summed E-state index contributed by atoms with van der Waals surface area (Å²) in [5.41, 5.74) is 4.92. The number of benzene rings is 4. The summed E-state index contributed by atoms with van der Waals surface area (Å²) in [4.78, 5) is 16.0. The SMILES string of the molecule is COc1cc(CCN(Cc2ccc(OCc3ccccc3)c(OC)c2)C(=O)O[Si](C(C)C)(C(C)C)C(C)C)ccc1OCc1ccccc1. The lowest BCUT2D eigenvalue weighted by atomic mass is 10.1. The van der Waals surface area contributed by atoms with E-state index in [1.807, 2.05) is 102 Å². The molecule has 0 aliphatic carbocycles. The van der Waals surface area contributed by atoms with Crippen LogP contribution in [0.1, 0.15) is 63.8 Å². The summed E-state index contributed by atoms with van der Waals surface area (Å²) in [5.74, 6) is 2.60. The number of carbonyl (C=O) groups is 1. The Kier molecular flexibility index (Phi) is 13.6. The highest BCUT2D eigenvalue weighted by atomic mass is 28.4. The van der Waals surface area contributed by atoms with Gasteiger partial charge in [-0.1, -0.05) is 114 Å². The maximum atomic E-state index is 14.2. The van der Waals surface area contributed by atoms with Crippen molar-refractivity contribution in [1.82, 2.24) is 4.90 Å². The fourth-order valence-corrected chi connectivity index (χ4v) is 11.8. The zero-order chi connectivity index (χ0) is 35.4. The van der Waals surface area contributed by atoms with Gasteiger partial charge in [-0.2, -0.15) is 0 Å². The Hall–Kier alpha value is -4.43. The van der Waals surface area contributed by atoms with Gasteiger partial charge in [0.25, 0.3) is 8.32 Å². The van der Waals surface area contributed by atoms with Crippen LogP contribution in [0.2, 0.25) is 16.6 Å². The van der Waals surface area contributed by atoms with Gasteiger partial charge in [-0.05, 0) is 69.6 Å². The minimum Gasteiger partial charge on any atom is -0.503 e. The molecule has 0 radical (unpaired) electrons. The topological polar surface area (TPSA) is 66.5 Å². The molecule has 0 atom stereocenters. The van der Waals surface area contributed by atoms with Crippen LogP contribution in [0.15, 0.2) is 97.1 Å². The molecule has 0 aromatic heterocycles. The molecule has 7 nitrogen and oxygen atoms in total. The Balaban J connectivity index is 1.55. The van der Waals surface area contributed by atoms with Crippen molar-refractivity contribution in [2.45, 2.75) is 84.3 Å². The zero-order valence-corrected chi connectivity index (χ0v) is 31.4. The van der Waals surface area contributed by atoms with Gasteiger partial charge in [0.2, 0.25) is 0 Å². The molecule has 0 N–H and O–H groups in total. The lowest BCUT2D eigenvalue weighted by Crippen LogP contribution is -2.52. The first-order valence-electron chi connectivity index (χ1n) is 17.2. The standard InChI is InChI=1S/C41H53NO6Si/c1-30(2)49(31(3)4,32(5)6)48-41(43)42(27-36-20-22-38(40(26-36)45-8)47-29-35-17-13-10-14-18-35)24-23-33-19-21-37(39(25-33)44-7)46-28-34-15-11-9-12-16-34/h9-22,25-26,30-32H,23-24,27-29H2,1-8H3. The number of hydrogen-bond donors (Lipinski definition) is 0. The van der Waals surface area contributed by atoms with Crippen LogP contribution in [0, 0.1) is 0 Å². The smallest absolute Gasteiger partial charge is 0.396 e. The number of hydrogen-bond acceptors (Lipinski definition) is 6. The fraction of sp³-hybridized carbons (Fsp3) is 0.390. The summed E-state index contributed by atoms with van der Waals surface area (Å²) in [6.07, 6.45) is 0.334. The molecule has 8 heteroatoms. The molecule has 0 fully saturated rings. The Bertz CT molecular complexity index is 1590. The van der Waals surface area contributed by atoms with Crippen molar-refractivity contribution >= 4 is 14.4 Å². The Morgan fingerprint density at radius 3 is 1.49 bits per heavy atom. The molecule has 0 saturated heterocycles. The van der Waals surface area contributed by atoms with Gasteiger partial charge >= 0.3 is 6.09 Å². The third kappa shape index (κ3) is 9.82. The van der Waals surface area contributed by atoms with Gasteiger partial charge in [-0.15, -0.1) is 0 Å². The molecule has 4 aromatic rings. The number of carbonyl (C=O) groups excluding carboxylic acids is 1. The quantitative estimate of drug-likeness (QED) is 0.103. The molecular formula is C41H53NO6Si. The Morgan fingerprint density at radius 2 is 1.04 bits per heavy atom. The van der Waals surface area contributed by atoms with Gasteiger partial charge in [-0.25, -0.2) is 4.79 Å². The summed E-state index contributed by atoms with van der Waals surface area (Å²) in [6, 6.07) is 31.9. The van der Waals surface area contributed by atoms with Gasteiger partial charge in [0.15, 0.2) is 23.0 Å². The zero-order valence-electron chi connectivity index (χ0n) is 30.4. The first-order chi connectivity index (χ1) is 23.6. The van der Waals surface area contributed by atoms with E-state index in [1.54, 1.807) is 14.2 Å². The number of rotatable bonds is 17. The van der Waals surface area contributed by atoms with Crippen LogP contribution in [0.4, 0.5) is 4.79 Å². The molecule has 262 valence electrons. The second-order valence-corrected chi connectivity index (χ2v) is 18.8. The average Bonchev–Trinajstić information content (AvgIpc) is 3.11.